The number of ether oxygens (including phenoxy) is 1. The second-order valence-electron chi connectivity index (χ2n) is 3.91. The lowest BCUT2D eigenvalue weighted by atomic mass is 9.98. The van der Waals surface area contributed by atoms with E-state index >= 15 is 0 Å². The van der Waals surface area contributed by atoms with Gasteiger partial charge in [0.05, 0.1) is 19.1 Å². The Kier molecular flexibility index (Phi) is 5.22. The predicted molar refractivity (Wildman–Crippen MR) is 65.5 cm³/mol. The molecule has 0 saturated heterocycles. The Hall–Kier alpha value is -1.82. The summed E-state index contributed by atoms with van der Waals surface area (Å²) in [5.74, 6) is -0.183. The van der Waals surface area contributed by atoms with Crippen molar-refractivity contribution in [2.24, 2.45) is 0 Å². The average molecular weight is 231 g/mol. The van der Waals surface area contributed by atoms with Crippen molar-refractivity contribution in [3.8, 4) is 6.07 Å². The molecule has 1 aromatic carbocycles. The van der Waals surface area contributed by atoms with Crippen LogP contribution in [0.3, 0.4) is 0 Å². The van der Waals surface area contributed by atoms with E-state index in [0.717, 1.165) is 16.7 Å². The fourth-order valence-corrected chi connectivity index (χ4v) is 1.71. The van der Waals surface area contributed by atoms with Gasteiger partial charge in [0.15, 0.2) is 0 Å². The van der Waals surface area contributed by atoms with Crippen molar-refractivity contribution in [2.45, 2.75) is 33.1 Å². The molecule has 1 rings (SSSR count). The Labute approximate surface area is 102 Å². The molecule has 0 bridgehead atoms. The summed E-state index contributed by atoms with van der Waals surface area (Å²) in [6.45, 7) is 4.22. The summed E-state index contributed by atoms with van der Waals surface area (Å²) in [5.41, 5.74) is 3.22. The molecule has 0 radical (unpaired) electrons. The lowest BCUT2D eigenvalue weighted by Crippen LogP contribution is -2.06. The molecule has 0 aliphatic rings. The van der Waals surface area contributed by atoms with Crippen molar-refractivity contribution in [1.29, 1.82) is 5.26 Å². The van der Waals surface area contributed by atoms with Crippen molar-refractivity contribution < 1.29 is 9.53 Å². The van der Waals surface area contributed by atoms with Crippen LogP contribution < -0.4 is 0 Å². The van der Waals surface area contributed by atoms with E-state index in [0.29, 0.717) is 25.9 Å². The number of esters is 1. The van der Waals surface area contributed by atoms with Crippen molar-refractivity contribution in [3.05, 3.63) is 34.9 Å². The molecule has 0 heterocycles. The van der Waals surface area contributed by atoms with Crippen LogP contribution in [0.4, 0.5) is 0 Å². The summed E-state index contributed by atoms with van der Waals surface area (Å²) in [6.07, 6.45) is 1.39. The zero-order valence-electron chi connectivity index (χ0n) is 10.3. The molecule has 17 heavy (non-hydrogen) atoms. The van der Waals surface area contributed by atoms with Crippen molar-refractivity contribution in [3.63, 3.8) is 0 Å². The van der Waals surface area contributed by atoms with Crippen LogP contribution in [0.2, 0.25) is 0 Å². The average Bonchev–Trinajstić information content (AvgIpc) is 2.30. The number of hydrogen-bond donors (Lipinski definition) is 0. The van der Waals surface area contributed by atoms with E-state index in [9.17, 15) is 4.79 Å². The predicted octanol–water partition coefficient (Wildman–Crippen LogP) is 2.56. The van der Waals surface area contributed by atoms with Crippen LogP contribution in [0.15, 0.2) is 18.2 Å². The van der Waals surface area contributed by atoms with E-state index in [-0.39, 0.29) is 5.97 Å². The summed E-state index contributed by atoms with van der Waals surface area (Å²) in [5, 5.41) is 8.73. The number of aryl methyl sites for hydroxylation is 2. The number of carbonyl (C=O) groups is 1. The van der Waals surface area contributed by atoms with E-state index in [2.05, 4.69) is 6.07 Å². The van der Waals surface area contributed by atoms with Crippen LogP contribution in [-0.2, 0) is 22.4 Å². The molecule has 0 aromatic heterocycles. The summed E-state index contributed by atoms with van der Waals surface area (Å²) in [6, 6.07) is 8.12. The molecule has 0 saturated carbocycles. The second kappa shape index (κ2) is 6.70. The van der Waals surface area contributed by atoms with Gasteiger partial charge in [0.2, 0.25) is 0 Å². The van der Waals surface area contributed by atoms with Crippen LogP contribution in [-0.4, -0.2) is 12.6 Å². The molecule has 3 nitrogen and oxygen atoms in total. The Morgan fingerprint density at radius 2 is 2.18 bits per heavy atom. The number of nitriles is 1. The fraction of sp³-hybridized carbons (Fsp3) is 0.429. The van der Waals surface area contributed by atoms with Crippen LogP contribution in [0.5, 0.6) is 0 Å². The van der Waals surface area contributed by atoms with Crippen molar-refractivity contribution in [1.82, 2.24) is 0 Å². The highest BCUT2D eigenvalue weighted by atomic mass is 16.5. The van der Waals surface area contributed by atoms with Crippen molar-refractivity contribution >= 4 is 5.97 Å². The first-order valence-corrected chi connectivity index (χ1v) is 5.78. The van der Waals surface area contributed by atoms with Crippen LogP contribution >= 0.6 is 0 Å². The molecule has 3 heteroatoms. The molecule has 0 atom stereocenters. The third kappa shape index (κ3) is 4.28. The number of hydrogen-bond acceptors (Lipinski definition) is 3. The zero-order valence-corrected chi connectivity index (χ0v) is 10.3. The molecule has 0 spiro atoms. The Morgan fingerprint density at radius 3 is 2.82 bits per heavy atom. The minimum absolute atomic E-state index is 0.183. The third-order valence-corrected chi connectivity index (χ3v) is 2.54. The van der Waals surface area contributed by atoms with E-state index in [4.69, 9.17) is 10.00 Å². The van der Waals surface area contributed by atoms with Gasteiger partial charge in [0.1, 0.15) is 0 Å². The smallest absolute Gasteiger partial charge is 0.306 e. The SMILES string of the molecule is CCOC(=O)CCc1cc(C)ccc1CC#N. The first-order valence-electron chi connectivity index (χ1n) is 5.78. The fourth-order valence-electron chi connectivity index (χ4n) is 1.71. The highest BCUT2D eigenvalue weighted by Crippen LogP contribution is 2.14. The topological polar surface area (TPSA) is 50.1 Å². The molecular formula is C14H17NO2. The molecule has 0 aliphatic carbocycles. The van der Waals surface area contributed by atoms with Gasteiger partial charge in [0.25, 0.3) is 0 Å². The molecule has 0 aliphatic heterocycles. The minimum atomic E-state index is -0.183. The minimum Gasteiger partial charge on any atom is -0.466 e. The van der Waals surface area contributed by atoms with Gasteiger partial charge in [-0.1, -0.05) is 23.8 Å². The summed E-state index contributed by atoms with van der Waals surface area (Å²) in [7, 11) is 0. The zero-order chi connectivity index (χ0) is 12.7. The summed E-state index contributed by atoms with van der Waals surface area (Å²) in [4.78, 5) is 11.3. The third-order valence-electron chi connectivity index (χ3n) is 2.54. The lowest BCUT2D eigenvalue weighted by molar-refractivity contribution is -0.143. The molecule has 0 amide bonds. The van der Waals surface area contributed by atoms with E-state index in [1.807, 2.05) is 25.1 Å². The number of benzene rings is 1. The van der Waals surface area contributed by atoms with Gasteiger partial charge in [-0.05, 0) is 31.4 Å². The lowest BCUT2D eigenvalue weighted by Gasteiger charge is -2.08. The van der Waals surface area contributed by atoms with Gasteiger partial charge in [-0.3, -0.25) is 4.79 Å². The maximum atomic E-state index is 11.3. The second-order valence-corrected chi connectivity index (χ2v) is 3.91. The van der Waals surface area contributed by atoms with E-state index in [1.54, 1.807) is 6.92 Å². The number of rotatable bonds is 5. The van der Waals surface area contributed by atoms with Gasteiger partial charge < -0.3 is 4.74 Å². The Balaban J connectivity index is 2.71. The standard InChI is InChI=1S/C14H17NO2/c1-3-17-14(16)7-6-13-10-11(2)4-5-12(13)8-9-15/h4-5,10H,3,6-8H2,1-2H3. The Bertz CT molecular complexity index is 432. The van der Waals surface area contributed by atoms with Crippen LogP contribution in [0.1, 0.15) is 30.0 Å². The molecule has 1 aromatic rings. The molecule has 0 N–H and O–H groups in total. The van der Waals surface area contributed by atoms with Gasteiger partial charge in [-0.2, -0.15) is 5.26 Å². The molecule has 0 unspecified atom stereocenters. The molecular weight excluding hydrogens is 214 g/mol. The highest BCUT2D eigenvalue weighted by molar-refractivity contribution is 5.69. The first kappa shape index (κ1) is 13.2. The van der Waals surface area contributed by atoms with Crippen molar-refractivity contribution in [2.75, 3.05) is 6.61 Å². The van der Waals surface area contributed by atoms with Gasteiger partial charge in [-0.25, -0.2) is 0 Å². The largest absolute Gasteiger partial charge is 0.466 e. The monoisotopic (exact) mass is 231 g/mol. The van der Waals surface area contributed by atoms with Gasteiger partial charge in [0, 0.05) is 6.42 Å². The maximum absolute atomic E-state index is 11.3. The Morgan fingerprint density at radius 1 is 1.41 bits per heavy atom. The summed E-state index contributed by atoms with van der Waals surface area (Å²) < 4.78 is 4.89. The van der Waals surface area contributed by atoms with E-state index in [1.165, 1.54) is 0 Å². The molecule has 0 fully saturated rings. The van der Waals surface area contributed by atoms with Crippen LogP contribution in [0.25, 0.3) is 0 Å². The van der Waals surface area contributed by atoms with Gasteiger partial charge in [-0.15, -0.1) is 0 Å². The van der Waals surface area contributed by atoms with Gasteiger partial charge >= 0.3 is 5.97 Å². The first-order chi connectivity index (χ1) is 8.17. The summed E-state index contributed by atoms with van der Waals surface area (Å²) >= 11 is 0. The number of nitrogens with zero attached hydrogens (tertiary/aromatic N) is 1. The van der Waals surface area contributed by atoms with E-state index < -0.39 is 0 Å². The maximum Gasteiger partial charge on any atom is 0.306 e. The highest BCUT2D eigenvalue weighted by Gasteiger charge is 2.07. The number of carbonyl (C=O) groups excluding carboxylic acids is 1. The van der Waals surface area contributed by atoms with Crippen LogP contribution in [0, 0.1) is 18.3 Å². The quantitative estimate of drug-likeness (QED) is 0.732. The molecule has 90 valence electrons. The normalized spacial score (nSPS) is 9.71.